The van der Waals surface area contributed by atoms with Crippen LogP contribution in [-0.2, 0) is 9.53 Å². The number of hydrogen-bond acceptors (Lipinski definition) is 3. The van der Waals surface area contributed by atoms with Crippen LogP contribution in [0.3, 0.4) is 0 Å². The number of β-amino-alcohol motifs (C(OH)–C–C–N with tert-alkyl or cyclic N) is 1. The summed E-state index contributed by atoms with van der Waals surface area (Å²) in [7, 11) is 1.50. The molecule has 0 spiro atoms. The molecule has 1 heterocycles. The summed E-state index contributed by atoms with van der Waals surface area (Å²) in [5.74, 6) is -0.0336. The minimum absolute atomic E-state index is 0.0336. The second-order valence-corrected chi connectivity index (χ2v) is 3.56. The van der Waals surface area contributed by atoms with Crippen molar-refractivity contribution in [3.63, 3.8) is 0 Å². The molecule has 1 aliphatic heterocycles. The third-order valence-corrected chi connectivity index (χ3v) is 2.45. The lowest BCUT2D eigenvalue weighted by Gasteiger charge is -2.35. The Balaban J connectivity index is 2.50. The van der Waals surface area contributed by atoms with E-state index in [0.29, 0.717) is 6.54 Å². The van der Waals surface area contributed by atoms with E-state index in [0.717, 1.165) is 12.8 Å². The van der Waals surface area contributed by atoms with Crippen molar-refractivity contribution in [1.82, 2.24) is 4.90 Å². The van der Waals surface area contributed by atoms with Crippen molar-refractivity contribution in [1.29, 1.82) is 0 Å². The van der Waals surface area contributed by atoms with Gasteiger partial charge in [0.2, 0.25) is 5.91 Å². The largest absolute Gasteiger partial charge is 0.391 e. The first-order valence-corrected chi connectivity index (χ1v) is 4.61. The van der Waals surface area contributed by atoms with E-state index in [-0.39, 0.29) is 24.7 Å². The molecule has 1 N–H and O–H groups in total. The molecule has 1 fully saturated rings. The fraction of sp³-hybridized carbons (Fsp3) is 0.889. The molecule has 1 aliphatic rings. The number of methoxy groups -OCH3 is 1. The molecule has 0 saturated carbocycles. The van der Waals surface area contributed by atoms with Crippen LogP contribution < -0.4 is 0 Å². The Bertz CT molecular complexity index is 184. The maximum Gasteiger partial charge on any atom is 0.248 e. The van der Waals surface area contributed by atoms with E-state index in [1.807, 2.05) is 6.92 Å². The number of piperidine rings is 1. The summed E-state index contributed by atoms with van der Waals surface area (Å²) >= 11 is 0. The number of rotatable bonds is 2. The fourth-order valence-corrected chi connectivity index (χ4v) is 1.64. The molecule has 13 heavy (non-hydrogen) atoms. The molecule has 2 atom stereocenters. The third kappa shape index (κ3) is 2.67. The highest BCUT2D eigenvalue weighted by molar-refractivity contribution is 5.77. The summed E-state index contributed by atoms with van der Waals surface area (Å²) in [4.78, 5) is 13.1. The highest BCUT2D eigenvalue weighted by Crippen LogP contribution is 2.16. The maximum atomic E-state index is 11.4. The third-order valence-electron chi connectivity index (χ3n) is 2.45. The van der Waals surface area contributed by atoms with Crippen LogP contribution >= 0.6 is 0 Å². The molecule has 1 amide bonds. The lowest BCUT2D eigenvalue weighted by atomic mass is 10.0. The van der Waals surface area contributed by atoms with Crippen LogP contribution in [-0.4, -0.2) is 48.3 Å². The van der Waals surface area contributed by atoms with E-state index in [9.17, 15) is 9.90 Å². The van der Waals surface area contributed by atoms with Crippen molar-refractivity contribution in [2.24, 2.45) is 0 Å². The molecule has 0 aromatic carbocycles. The standard InChI is InChI=1S/C9H17NO3/c1-7-3-4-8(11)5-10(7)9(12)6-13-2/h7-8,11H,3-6H2,1-2H3/t7-,8-/m1/s1. The summed E-state index contributed by atoms with van der Waals surface area (Å²) < 4.78 is 4.77. The van der Waals surface area contributed by atoms with Crippen LogP contribution in [0.25, 0.3) is 0 Å². The van der Waals surface area contributed by atoms with Gasteiger partial charge in [-0.15, -0.1) is 0 Å². The van der Waals surface area contributed by atoms with Gasteiger partial charge in [-0.25, -0.2) is 0 Å². The van der Waals surface area contributed by atoms with E-state index in [2.05, 4.69) is 0 Å². The predicted molar refractivity (Wildman–Crippen MR) is 48.3 cm³/mol. The second kappa shape index (κ2) is 4.58. The van der Waals surface area contributed by atoms with E-state index in [4.69, 9.17) is 4.74 Å². The number of aliphatic hydroxyl groups is 1. The molecule has 4 heteroatoms. The van der Waals surface area contributed by atoms with Crippen LogP contribution in [0.2, 0.25) is 0 Å². The predicted octanol–water partition coefficient (Wildman–Crippen LogP) is 0.00460. The van der Waals surface area contributed by atoms with Crippen LogP contribution in [0.5, 0.6) is 0 Å². The van der Waals surface area contributed by atoms with Gasteiger partial charge in [-0.2, -0.15) is 0 Å². The Labute approximate surface area is 78.5 Å². The van der Waals surface area contributed by atoms with Crippen molar-refractivity contribution >= 4 is 5.91 Å². The number of amides is 1. The second-order valence-electron chi connectivity index (χ2n) is 3.56. The first kappa shape index (κ1) is 10.5. The molecule has 1 rings (SSSR count). The van der Waals surface area contributed by atoms with Gasteiger partial charge in [-0.1, -0.05) is 0 Å². The average molecular weight is 187 g/mol. The summed E-state index contributed by atoms with van der Waals surface area (Å²) in [5.41, 5.74) is 0. The molecule has 0 aromatic heterocycles. The summed E-state index contributed by atoms with van der Waals surface area (Å²) in [6.07, 6.45) is 1.30. The smallest absolute Gasteiger partial charge is 0.248 e. The Kier molecular flexibility index (Phi) is 3.69. The van der Waals surface area contributed by atoms with Gasteiger partial charge in [0.05, 0.1) is 6.10 Å². The number of likely N-dealkylation sites (tertiary alicyclic amines) is 1. The SMILES string of the molecule is COCC(=O)N1C[C@H](O)CC[C@H]1C. The van der Waals surface area contributed by atoms with Gasteiger partial charge in [0, 0.05) is 19.7 Å². The molecule has 0 radical (unpaired) electrons. The van der Waals surface area contributed by atoms with Gasteiger partial charge in [-0.05, 0) is 19.8 Å². The number of nitrogens with zero attached hydrogens (tertiary/aromatic N) is 1. The highest BCUT2D eigenvalue weighted by atomic mass is 16.5. The normalized spacial score (nSPS) is 29.0. The molecule has 0 aliphatic carbocycles. The van der Waals surface area contributed by atoms with Crippen LogP contribution in [0.4, 0.5) is 0 Å². The fourth-order valence-electron chi connectivity index (χ4n) is 1.64. The van der Waals surface area contributed by atoms with Crippen molar-refractivity contribution in [3.05, 3.63) is 0 Å². The Morgan fingerprint density at radius 3 is 2.92 bits per heavy atom. The molecule has 76 valence electrons. The van der Waals surface area contributed by atoms with Gasteiger partial charge in [0.1, 0.15) is 6.61 Å². The van der Waals surface area contributed by atoms with E-state index in [1.165, 1.54) is 7.11 Å². The lowest BCUT2D eigenvalue weighted by molar-refractivity contribution is -0.141. The Morgan fingerprint density at radius 1 is 1.62 bits per heavy atom. The van der Waals surface area contributed by atoms with Gasteiger partial charge >= 0.3 is 0 Å². The number of carbonyl (C=O) groups excluding carboxylic acids is 1. The van der Waals surface area contributed by atoms with E-state index in [1.54, 1.807) is 4.90 Å². The molecule has 0 unspecified atom stereocenters. The van der Waals surface area contributed by atoms with Gasteiger partial charge in [0.25, 0.3) is 0 Å². The van der Waals surface area contributed by atoms with Gasteiger partial charge in [-0.3, -0.25) is 4.79 Å². The molecular weight excluding hydrogens is 170 g/mol. The molecule has 4 nitrogen and oxygen atoms in total. The van der Waals surface area contributed by atoms with Crippen LogP contribution in [0, 0.1) is 0 Å². The van der Waals surface area contributed by atoms with Crippen LogP contribution in [0.1, 0.15) is 19.8 Å². The number of hydrogen-bond donors (Lipinski definition) is 1. The number of ether oxygens (including phenoxy) is 1. The van der Waals surface area contributed by atoms with E-state index < -0.39 is 0 Å². The highest BCUT2D eigenvalue weighted by Gasteiger charge is 2.27. The summed E-state index contributed by atoms with van der Waals surface area (Å²) in [6, 6.07) is 0.228. The minimum Gasteiger partial charge on any atom is -0.391 e. The summed E-state index contributed by atoms with van der Waals surface area (Å²) in [6.45, 7) is 2.56. The van der Waals surface area contributed by atoms with Gasteiger partial charge < -0.3 is 14.7 Å². The minimum atomic E-state index is -0.364. The lowest BCUT2D eigenvalue weighted by Crippen LogP contribution is -2.48. The first-order chi connectivity index (χ1) is 6.15. The van der Waals surface area contributed by atoms with Crippen molar-refractivity contribution in [2.45, 2.75) is 31.9 Å². The quantitative estimate of drug-likeness (QED) is 0.662. The van der Waals surface area contributed by atoms with Crippen molar-refractivity contribution < 1.29 is 14.6 Å². The topological polar surface area (TPSA) is 49.8 Å². The zero-order valence-electron chi connectivity index (χ0n) is 8.19. The monoisotopic (exact) mass is 187 g/mol. The average Bonchev–Trinajstić information content (AvgIpc) is 2.09. The zero-order valence-corrected chi connectivity index (χ0v) is 8.19. The molecule has 1 saturated heterocycles. The Hall–Kier alpha value is -0.610. The maximum absolute atomic E-state index is 11.4. The molecule has 0 aromatic rings. The zero-order chi connectivity index (χ0) is 9.84. The van der Waals surface area contributed by atoms with Crippen molar-refractivity contribution in [2.75, 3.05) is 20.3 Å². The molecular formula is C9H17NO3. The number of carbonyl (C=O) groups is 1. The Morgan fingerprint density at radius 2 is 2.31 bits per heavy atom. The van der Waals surface area contributed by atoms with Gasteiger partial charge in [0.15, 0.2) is 0 Å². The number of aliphatic hydroxyl groups excluding tert-OH is 1. The molecule has 0 bridgehead atoms. The summed E-state index contributed by atoms with van der Waals surface area (Å²) in [5, 5.41) is 9.38. The van der Waals surface area contributed by atoms with Crippen molar-refractivity contribution in [3.8, 4) is 0 Å². The van der Waals surface area contributed by atoms with Crippen LogP contribution in [0.15, 0.2) is 0 Å². The van der Waals surface area contributed by atoms with E-state index >= 15 is 0 Å². The first-order valence-electron chi connectivity index (χ1n) is 4.61.